The number of aromatic nitrogens is 2. The Labute approximate surface area is 141 Å². The number of nitro groups is 1. The maximum absolute atomic E-state index is 10.6. The molecular formula is C17H23N3O4. The third kappa shape index (κ3) is 4.55. The molecule has 0 saturated heterocycles. The number of hydrogen-bond donors (Lipinski definition) is 1. The molecule has 2 rings (SSSR count). The first-order valence-electron chi connectivity index (χ1n) is 7.75. The monoisotopic (exact) mass is 333 g/mol. The number of imidazole rings is 1. The van der Waals surface area contributed by atoms with Crippen molar-refractivity contribution in [3.05, 3.63) is 52.0 Å². The number of nitrogens with zero attached hydrogens (tertiary/aromatic N) is 3. The quantitative estimate of drug-likeness (QED) is 0.648. The van der Waals surface area contributed by atoms with Gasteiger partial charge in [0.2, 0.25) is 6.33 Å². The third-order valence-electron chi connectivity index (χ3n) is 3.70. The minimum atomic E-state index is -0.791. The Bertz CT molecular complexity index is 719. The summed E-state index contributed by atoms with van der Waals surface area (Å²) in [5.74, 6) is 0.482. The van der Waals surface area contributed by atoms with Crippen LogP contribution >= 0.6 is 0 Å². The number of ether oxygens (including phenoxy) is 1. The van der Waals surface area contributed by atoms with Gasteiger partial charge >= 0.3 is 5.82 Å². The van der Waals surface area contributed by atoms with Crippen LogP contribution in [-0.4, -0.2) is 32.3 Å². The molecule has 0 radical (unpaired) electrons. The van der Waals surface area contributed by atoms with Crippen LogP contribution in [0.2, 0.25) is 0 Å². The Kier molecular flexibility index (Phi) is 5.23. The molecule has 1 unspecified atom stereocenters. The fourth-order valence-corrected chi connectivity index (χ4v) is 2.30. The van der Waals surface area contributed by atoms with Gasteiger partial charge in [0.15, 0.2) is 0 Å². The molecule has 1 N–H and O–H groups in total. The second kappa shape index (κ2) is 7.00. The van der Waals surface area contributed by atoms with E-state index < -0.39 is 11.0 Å². The van der Waals surface area contributed by atoms with Crippen LogP contribution in [0, 0.1) is 17.0 Å². The largest absolute Gasteiger partial charge is 0.491 e. The number of aryl methyl sites for hydroxylation is 1. The van der Waals surface area contributed by atoms with Crippen molar-refractivity contribution in [2.24, 2.45) is 0 Å². The molecule has 1 atom stereocenters. The zero-order chi connectivity index (χ0) is 17.9. The first-order chi connectivity index (χ1) is 11.2. The van der Waals surface area contributed by atoms with Crippen molar-refractivity contribution in [2.45, 2.75) is 45.8 Å². The second-order valence-electron chi connectivity index (χ2n) is 6.88. The summed E-state index contributed by atoms with van der Waals surface area (Å²) in [6.45, 7) is 8.70. The van der Waals surface area contributed by atoms with Crippen LogP contribution in [0.15, 0.2) is 30.7 Å². The molecule has 1 heterocycles. The molecule has 0 aliphatic rings. The minimum absolute atomic E-state index is 0.0684. The van der Waals surface area contributed by atoms with Gasteiger partial charge in [-0.1, -0.05) is 32.9 Å². The number of aliphatic hydroxyl groups is 1. The summed E-state index contributed by atoms with van der Waals surface area (Å²) >= 11 is 0. The molecule has 7 heteroatoms. The van der Waals surface area contributed by atoms with Crippen molar-refractivity contribution in [1.29, 1.82) is 0 Å². The van der Waals surface area contributed by atoms with Gasteiger partial charge in [-0.05, 0) is 39.4 Å². The standard InChI is InChI=1S/C17H23N3O4/c1-12-7-13(17(2,3)4)5-6-15(12)24-10-14(21)8-19-9-16(18-11-19)20(22)23/h5-7,9,11,14,21H,8,10H2,1-4H3. The molecule has 0 spiro atoms. The molecular weight excluding hydrogens is 310 g/mol. The highest BCUT2D eigenvalue weighted by Gasteiger charge is 2.16. The highest BCUT2D eigenvalue weighted by Crippen LogP contribution is 2.27. The molecule has 0 fully saturated rings. The van der Waals surface area contributed by atoms with Gasteiger partial charge in [-0.15, -0.1) is 0 Å². The predicted octanol–water partition coefficient (Wildman–Crippen LogP) is 2.84. The summed E-state index contributed by atoms with van der Waals surface area (Å²) < 4.78 is 7.15. The van der Waals surface area contributed by atoms with E-state index in [1.54, 1.807) is 0 Å². The first-order valence-corrected chi connectivity index (χ1v) is 7.75. The maximum atomic E-state index is 10.6. The number of hydrogen-bond acceptors (Lipinski definition) is 5. The van der Waals surface area contributed by atoms with E-state index in [1.165, 1.54) is 22.7 Å². The summed E-state index contributed by atoms with van der Waals surface area (Å²) in [4.78, 5) is 13.7. The lowest BCUT2D eigenvalue weighted by atomic mass is 9.86. The smallest absolute Gasteiger partial charge is 0.381 e. The summed E-state index contributed by atoms with van der Waals surface area (Å²) in [7, 11) is 0. The molecule has 7 nitrogen and oxygen atoms in total. The Hall–Kier alpha value is -2.41. The fourth-order valence-electron chi connectivity index (χ4n) is 2.30. The molecule has 24 heavy (non-hydrogen) atoms. The Morgan fingerprint density at radius 1 is 1.42 bits per heavy atom. The van der Waals surface area contributed by atoms with Crippen molar-refractivity contribution in [2.75, 3.05) is 6.61 Å². The van der Waals surface area contributed by atoms with Crippen molar-refractivity contribution >= 4 is 5.82 Å². The third-order valence-corrected chi connectivity index (χ3v) is 3.70. The molecule has 0 aliphatic carbocycles. The van der Waals surface area contributed by atoms with Gasteiger partial charge in [0.1, 0.15) is 24.7 Å². The van der Waals surface area contributed by atoms with Crippen LogP contribution in [-0.2, 0) is 12.0 Å². The van der Waals surface area contributed by atoms with Gasteiger partial charge in [-0.3, -0.25) is 0 Å². The fraction of sp³-hybridized carbons (Fsp3) is 0.471. The van der Waals surface area contributed by atoms with E-state index in [-0.39, 0.29) is 24.4 Å². The van der Waals surface area contributed by atoms with Crippen LogP contribution in [0.5, 0.6) is 5.75 Å². The molecule has 0 amide bonds. The summed E-state index contributed by atoms with van der Waals surface area (Å²) in [5.41, 5.74) is 2.30. The minimum Gasteiger partial charge on any atom is -0.491 e. The molecule has 1 aromatic carbocycles. The lowest BCUT2D eigenvalue weighted by molar-refractivity contribution is -0.389. The van der Waals surface area contributed by atoms with E-state index in [0.29, 0.717) is 0 Å². The summed E-state index contributed by atoms with van der Waals surface area (Å²) in [5, 5.41) is 20.6. The average molecular weight is 333 g/mol. The normalized spacial score (nSPS) is 12.9. The van der Waals surface area contributed by atoms with E-state index in [0.717, 1.165) is 11.3 Å². The highest BCUT2D eigenvalue weighted by molar-refractivity contribution is 5.38. The number of aliphatic hydroxyl groups excluding tert-OH is 1. The first kappa shape index (κ1) is 17.9. The Morgan fingerprint density at radius 2 is 2.12 bits per heavy atom. The molecule has 130 valence electrons. The van der Waals surface area contributed by atoms with E-state index in [9.17, 15) is 15.2 Å². The van der Waals surface area contributed by atoms with Crippen molar-refractivity contribution < 1.29 is 14.8 Å². The van der Waals surface area contributed by atoms with E-state index >= 15 is 0 Å². The zero-order valence-corrected chi connectivity index (χ0v) is 14.4. The molecule has 0 bridgehead atoms. The van der Waals surface area contributed by atoms with Crippen molar-refractivity contribution in [1.82, 2.24) is 9.55 Å². The van der Waals surface area contributed by atoms with Gasteiger partial charge in [0.25, 0.3) is 0 Å². The van der Waals surface area contributed by atoms with Crippen LogP contribution in [0.1, 0.15) is 31.9 Å². The number of benzene rings is 1. The SMILES string of the molecule is Cc1cc(C(C)(C)C)ccc1OCC(O)Cn1cnc([N+](=O)[O-])c1. The van der Waals surface area contributed by atoms with Crippen LogP contribution in [0.4, 0.5) is 5.82 Å². The van der Waals surface area contributed by atoms with Crippen LogP contribution in [0.3, 0.4) is 0 Å². The second-order valence-corrected chi connectivity index (χ2v) is 6.88. The van der Waals surface area contributed by atoms with E-state index in [2.05, 4.69) is 31.8 Å². The average Bonchev–Trinajstić information content (AvgIpc) is 2.93. The van der Waals surface area contributed by atoms with Crippen LogP contribution in [0.25, 0.3) is 0 Å². The van der Waals surface area contributed by atoms with Crippen LogP contribution < -0.4 is 4.74 Å². The van der Waals surface area contributed by atoms with E-state index in [4.69, 9.17) is 4.74 Å². The zero-order valence-electron chi connectivity index (χ0n) is 14.4. The molecule has 1 aromatic heterocycles. The van der Waals surface area contributed by atoms with Gasteiger partial charge in [0, 0.05) is 0 Å². The van der Waals surface area contributed by atoms with Gasteiger partial charge in [-0.2, -0.15) is 0 Å². The molecule has 2 aromatic rings. The van der Waals surface area contributed by atoms with Crippen molar-refractivity contribution in [3.8, 4) is 5.75 Å². The van der Waals surface area contributed by atoms with Gasteiger partial charge < -0.3 is 24.5 Å². The maximum Gasteiger partial charge on any atom is 0.381 e. The van der Waals surface area contributed by atoms with Crippen molar-refractivity contribution in [3.63, 3.8) is 0 Å². The lowest BCUT2D eigenvalue weighted by Crippen LogP contribution is -2.23. The Balaban J connectivity index is 1.93. The van der Waals surface area contributed by atoms with Gasteiger partial charge in [0.05, 0.1) is 6.54 Å². The molecule has 0 saturated carbocycles. The number of rotatable bonds is 6. The summed E-state index contributed by atoms with van der Waals surface area (Å²) in [6.07, 6.45) is 1.82. The summed E-state index contributed by atoms with van der Waals surface area (Å²) in [6, 6.07) is 6.01. The lowest BCUT2D eigenvalue weighted by Gasteiger charge is -2.21. The predicted molar refractivity (Wildman–Crippen MR) is 90.3 cm³/mol. The topological polar surface area (TPSA) is 90.4 Å². The molecule has 0 aliphatic heterocycles. The Morgan fingerprint density at radius 3 is 2.67 bits per heavy atom. The van der Waals surface area contributed by atoms with Gasteiger partial charge in [-0.25, -0.2) is 0 Å². The van der Waals surface area contributed by atoms with E-state index in [1.807, 2.05) is 19.1 Å². The highest BCUT2D eigenvalue weighted by atomic mass is 16.6.